The van der Waals surface area contributed by atoms with E-state index in [0.29, 0.717) is 5.69 Å². The number of rotatable bonds is 8. The van der Waals surface area contributed by atoms with E-state index in [1.165, 1.54) is 49.3 Å². The van der Waals surface area contributed by atoms with Gasteiger partial charge in [-0.3, -0.25) is 10.1 Å². The summed E-state index contributed by atoms with van der Waals surface area (Å²) in [5.41, 5.74) is 10.8. The van der Waals surface area contributed by atoms with Gasteiger partial charge < -0.3 is 23.3 Å². The van der Waals surface area contributed by atoms with Gasteiger partial charge in [0.2, 0.25) is 11.0 Å². The molecule has 0 spiro atoms. The van der Waals surface area contributed by atoms with Crippen LogP contribution in [0.15, 0.2) is 231 Å². The van der Waals surface area contributed by atoms with Crippen molar-refractivity contribution in [2.24, 2.45) is 0 Å². The molecule has 4 aromatic heterocycles. The quantitative estimate of drug-likeness (QED) is 0.0650. The molecule has 16 nitrogen and oxygen atoms in total. The maximum Gasteiger partial charge on any atom is 0.494 e. The van der Waals surface area contributed by atoms with Crippen molar-refractivity contribution in [2.45, 2.75) is 6.92 Å². The zero-order valence-corrected chi connectivity index (χ0v) is 49.7. The topological polar surface area (TPSA) is 210 Å². The molecule has 1 radical (unpaired) electrons. The van der Waals surface area contributed by atoms with E-state index in [1.807, 2.05) is 42.5 Å². The van der Waals surface area contributed by atoms with Gasteiger partial charge in [-0.1, -0.05) is 165 Å². The van der Waals surface area contributed by atoms with Gasteiger partial charge in [-0.25, -0.2) is 19.9 Å². The van der Waals surface area contributed by atoms with Crippen molar-refractivity contribution in [2.75, 3.05) is 9.80 Å². The third kappa shape index (κ3) is 11.8. The van der Waals surface area contributed by atoms with E-state index < -0.39 is 0 Å². The molecule has 18 heteroatoms. The first-order valence-corrected chi connectivity index (χ1v) is 28.4. The number of para-hydroxylation sites is 3. The second kappa shape index (κ2) is 26.7. The lowest BCUT2D eigenvalue weighted by atomic mass is 10.0. The number of anilines is 6. The van der Waals surface area contributed by atoms with E-state index in [-0.39, 0.29) is 61.8 Å². The molecule has 0 amide bonds. The van der Waals surface area contributed by atoms with Crippen LogP contribution < -0.4 is 13.6 Å². The van der Waals surface area contributed by atoms with Crippen LogP contribution in [-0.4, -0.2) is 51.5 Å². The molecular formula is C71H44AlN15OP. The zero-order chi connectivity index (χ0) is 62.5. The first-order chi connectivity index (χ1) is 44.2. The number of nitrogens with one attached hydrogen (secondary N) is 1. The molecule has 4 heterocycles. The summed E-state index contributed by atoms with van der Waals surface area (Å²) in [4.78, 5) is 40.7. The number of benzene rings is 10. The highest BCUT2D eigenvalue weighted by molar-refractivity contribution is 7.02. The van der Waals surface area contributed by atoms with E-state index in [4.69, 9.17) is 18.3 Å². The standard InChI is InChI=1S/C44H32N2.C18H3N11.C9H7NO.Al.H2NP.H/c1-3-17-37(18-4-1)45(43-23-11-15-35-13-7-9-21-41(35)43)39-29-25-33(26-30-39)34-27-31-40(32-28-34)46(38-19-5-2-6-20-38)44-24-12-16-36-14-8-10-22-42(36)44;1-7-8(4-19)25-13-11(24-7)12-14(27-10(6-21)9(5-20)26-12)16-15(13)28-17(22-2)18(23-3)29-16;11-8-5-1-3-7-4-2-6-10-9(7)8;;1-2;/h1-32H;1H3;1-6,11H;;1-2H;/q;;;+1;;/p-1/i/hD. The molecule has 0 fully saturated rings. The molecule has 0 saturated carbocycles. The number of hydrogen-bond donors (Lipinski definition) is 1. The lowest BCUT2D eigenvalue weighted by Crippen LogP contribution is -2.10. The highest BCUT2D eigenvalue weighted by Gasteiger charge is 2.26. The number of nitrogens with zero attached hydrogens (tertiary/aromatic N) is 14. The largest absolute Gasteiger partial charge is 0.649 e. The fourth-order valence-electron chi connectivity index (χ4n) is 10.4. The maximum atomic E-state index is 9.31. The summed E-state index contributed by atoms with van der Waals surface area (Å²) in [5, 5.41) is 36.5. The summed E-state index contributed by atoms with van der Waals surface area (Å²) in [6.45, 7) is 16.1. The number of aryl methyl sites for hydroxylation is 1. The number of pyridine rings is 1. The molecule has 0 saturated heterocycles. The van der Waals surface area contributed by atoms with Gasteiger partial charge in [-0.05, 0) is 111 Å². The number of hydrogen-bond acceptors (Lipinski definition) is 14. The highest BCUT2D eigenvalue weighted by Crippen LogP contribution is 2.42. The smallest absolute Gasteiger partial charge is 0.494 e. The van der Waals surface area contributed by atoms with Crippen molar-refractivity contribution in [1.82, 2.24) is 34.9 Å². The number of fused-ring (bicyclic) bond motifs is 9. The van der Waals surface area contributed by atoms with Crippen LogP contribution in [-0.2, 0) is 0 Å². The van der Waals surface area contributed by atoms with Crippen molar-refractivity contribution in [3.8, 4) is 35.1 Å². The molecule has 10 aromatic carbocycles. The van der Waals surface area contributed by atoms with Crippen LogP contribution in [0, 0.1) is 59.2 Å². The Hall–Kier alpha value is -12.4. The van der Waals surface area contributed by atoms with Gasteiger partial charge in [0.25, 0.3) is 11.6 Å². The normalized spacial score (nSPS) is 10.5. The third-order valence-electron chi connectivity index (χ3n) is 14.4. The van der Waals surface area contributed by atoms with Crippen LogP contribution in [0.3, 0.4) is 0 Å². The molecule has 89 heavy (non-hydrogen) atoms. The fraction of sp³-hybridized carbons (Fsp3) is 0.0141. The fourth-order valence-corrected chi connectivity index (χ4v) is 10.6. The molecule has 0 unspecified atom stereocenters. The highest BCUT2D eigenvalue weighted by atomic mass is 31.0. The van der Waals surface area contributed by atoms with E-state index >= 15 is 0 Å². The third-order valence-corrected chi connectivity index (χ3v) is 14.7. The lowest BCUT2D eigenvalue weighted by Gasteiger charge is -2.27. The van der Waals surface area contributed by atoms with E-state index in [2.05, 4.69) is 263 Å². The Balaban J connectivity index is 0.000000160. The minimum atomic E-state index is -0.251. The van der Waals surface area contributed by atoms with Gasteiger partial charge in [0.1, 0.15) is 51.5 Å². The average molecular weight is 1180 g/mol. The van der Waals surface area contributed by atoms with Crippen LogP contribution >= 0.6 is 9.03 Å². The van der Waals surface area contributed by atoms with Crippen LogP contribution in [0.1, 0.15) is 22.8 Å². The Kier molecular flexibility index (Phi) is 17.1. The number of nitriles is 3. The van der Waals surface area contributed by atoms with Crippen molar-refractivity contribution >= 4 is 137 Å². The summed E-state index contributed by atoms with van der Waals surface area (Å²) in [5.74, 6) is 0.348. The molecule has 0 aliphatic rings. The molecule has 1 N–H and O–H groups in total. The summed E-state index contributed by atoms with van der Waals surface area (Å²) in [7, 11) is 2.48. The van der Waals surface area contributed by atoms with Crippen LogP contribution in [0.5, 0.6) is 5.75 Å². The Morgan fingerprint density at radius 2 is 0.820 bits per heavy atom. The zero-order valence-electron chi connectivity index (χ0n) is 48.3. The second-order valence-electron chi connectivity index (χ2n) is 19.5. The van der Waals surface area contributed by atoms with Crippen molar-refractivity contribution in [3.63, 3.8) is 0 Å². The van der Waals surface area contributed by atoms with Gasteiger partial charge in [0, 0.05) is 45.1 Å². The Bertz CT molecular complexity index is 5040. The molecule has 0 atom stereocenters. The molecule has 0 bridgehead atoms. The molecule has 0 aliphatic heterocycles. The van der Waals surface area contributed by atoms with Gasteiger partial charge in [0.05, 0.1) is 17.1 Å². The average Bonchev–Trinajstić information content (AvgIpc) is 0.920. The van der Waals surface area contributed by atoms with Crippen molar-refractivity contribution < 1.29 is 5.20 Å². The van der Waals surface area contributed by atoms with E-state index in [9.17, 15) is 15.8 Å². The van der Waals surface area contributed by atoms with E-state index in [0.717, 1.165) is 50.8 Å². The molecule has 14 aromatic rings. The minimum Gasteiger partial charge on any atom is -0.649 e. The lowest BCUT2D eigenvalue weighted by molar-refractivity contribution is 0.622. The molecule has 417 valence electrons. The van der Waals surface area contributed by atoms with Crippen LogP contribution in [0.4, 0.5) is 45.8 Å². The predicted octanol–water partition coefficient (Wildman–Crippen LogP) is 17.5. The first-order valence-electron chi connectivity index (χ1n) is 27.8. The van der Waals surface area contributed by atoms with Gasteiger partial charge in [0.15, 0.2) is 18.5 Å². The maximum absolute atomic E-state index is 9.31. The Labute approximate surface area is 523 Å². The van der Waals surface area contributed by atoms with Crippen molar-refractivity contribution in [1.29, 1.82) is 20.9 Å². The number of aromatic nitrogens is 7. The van der Waals surface area contributed by atoms with Crippen LogP contribution in [0.2, 0.25) is 1.41 Å². The summed E-state index contributed by atoms with van der Waals surface area (Å²) in [6, 6.07) is 84.6. The monoisotopic (exact) mass is 1180 g/mol. The molecular weight excluding hydrogens is 1140 g/mol. The Morgan fingerprint density at radius 3 is 1.27 bits per heavy atom. The second-order valence-corrected chi connectivity index (χ2v) is 19.8. The van der Waals surface area contributed by atoms with E-state index in [1.54, 1.807) is 19.2 Å². The summed E-state index contributed by atoms with van der Waals surface area (Å²) in [6.07, 6.45) is 1.77. The summed E-state index contributed by atoms with van der Waals surface area (Å²) >= 11 is 1.47. The van der Waals surface area contributed by atoms with Crippen LogP contribution in [0.25, 0.3) is 86.4 Å². The predicted molar refractivity (Wildman–Crippen MR) is 354 cm³/mol. The van der Waals surface area contributed by atoms with Gasteiger partial charge >= 0.3 is 16.6 Å². The van der Waals surface area contributed by atoms with Gasteiger partial charge in [-0.15, -0.1) is 9.97 Å². The SMILES string of the molecule is [2H]N=P.[AlH][O]c1cccc2cccnc12.[C-]#[N+]c1nc2c3nc(C#N)c(C)nc3c3nc(C#N)c(C#N)nc3c2nc1[N+]#[C-].c1ccc(N(c2ccc(-c3ccc(N(c4ccccc4)c4cccc5ccccc45)cc3)cc2)c2cccc3ccccc23)cc1. The first kappa shape index (κ1) is 57.1. The Morgan fingerprint density at radius 1 is 0.449 bits per heavy atom. The molecule has 0 aliphatic carbocycles. The van der Waals surface area contributed by atoms with Crippen molar-refractivity contribution in [3.05, 3.63) is 276 Å². The summed E-state index contributed by atoms with van der Waals surface area (Å²) < 4.78 is 10.9. The van der Waals surface area contributed by atoms with Gasteiger partial charge in [-0.2, -0.15) is 15.8 Å². The molecule has 14 rings (SSSR count). The minimum absolute atomic E-state index is 0.0423.